The van der Waals surface area contributed by atoms with Gasteiger partial charge in [-0.25, -0.2) is 14.8 Å². The summed E-state index contributed by atoms with van der Waals surface area (Å²) >= 11 is 5.87. The highest BCUT2D eigenvalue weighted by atomic mass is 79.9. The zero-order valence-corrected chi connectivity index (χ0v) is 18.5. The third-order valence-electron chi connectivity index (χ3n) is 2.56. The fraction of sp³-hybridized carbons (Fsp3) is 0.133. The quantitative estimate of drug-likeness (QED) is 0.474. The first-order valence-corrected chi connectivity index (χ1v) is 9.43. The normalized spacial score (nSPS) is 9.46. The van der Waals surface area contributed by atoms with Gasteiger partial charge in [-0.05, 0) is 41.1 Å². The first kappa shape index (κ1) is 22.4. The number of esters is 1. The molecule has 0 fully saturated rings. The van der Waals surface area contributed by atoms with Crippen molar-refractivity contribution in [1.82, 2.24) is 9.97 Å². The maximum Gasteiger partial charge on any atom is 0.338 e. The van der Waals surface area contributed by atoms with Crippen LogP contribution in [0.1, 0.15) is 17.3 Å². The van der Waals surface area contributed by atoms with Crippen LogP contribution in [0.4, 0.5) is 10.3 Å². The van der Waals surface area contributed by atoms with E-state index in [0.29, 0.717) is 33.2 Å². The average molecular weight is 524 g/mol. The highest BCUT2D eigenvalue weighted by molar-refractivity contribution is 9.11. The molecule has 0 aliphatic heterocycles. The summed E-state index contributed by atoms with van der Waals surface area (Å²) in [6, 6.07) is 6.77. The van der Waals surface area contributed by atoms with Gasteiger partial charge in [-0.1, -0.05) is 28.7 Å². The van der Waals surface area contributed by atoms with Crippen LogP contribution in [0, 0.1) is 0 Å². The summed E-state index contributed by atoms with van der Waals surface area (Å²) in [5.41, 5.74) is 11.2. The van der Waals surface area contributed by atoms with Crippen LogP contribution >= 0.6 is 55.6 Å². The van der Waals surface area contributed by atoms with Gasteiger partial charge in [-0.3, -0.25) is 0 Å². The number of hydrogen-bond donors (Lipinski definition) is 2. The molecule has 0 unspecified atom stereocenters. The van der Waals surface area contributed by atoms with Crippen molar-refractivity contribution >= 4 is 71.8 Å². The predicted molar refractivity (Wildman–Crippen MR) is 114 cm³/mol. The number of rotatable bonds is 4. The smallest absolute Gasteiger partial charge is 0.338 e. The molecule has 0 spiro atoms. The molecule has 0 saturated carbocycles. The standard InChI is InChI=1S/C12H12N2O3S.C3H3BrN2S.BrH/c1-2-16-11(15)8-4-3-5-9(6-8)17-10-7-14-12(13)18-10;4-2-1-6-3(5)7-2;/h3-7H,2H2,1H3,(H2,13,14);1H,(H2,5,6);1H. The molecular weight excluding hydrogens is 508 g/mol. The number of carbonyl (C=O) groups is 1. The van der Waals surface area contributed by atoms with Crippen molar-refractivity contribution in [3.63, 3.8) is 0 Å². The summed E-state index contributed by atoms with van der Waals surface area (Å²) < 4.78 is 11.4. The number of hydrogen-bond acceptors (Lipinski definition) is 9. The molecule has 0 aliphatic carbocycles. The number of nitrogens with two attached hydrogens (primary N) is 2. The monoisotopic (exact) mass is 522 g/mol. The van der Waals surface area contributed by atoms with E-state index in [4.69, 9.17) is 20.9 Å². The van der Waals surface area contributed by atoms with Gasteiger partial charge in [-0.2, -0.15) is 0 Å². The number of thiazole rings is 2. The SMILES string of the molecule is Br.CCOC(=O)c1cccc(Oc2cnc(N)s2)c1.Nc1ncc(Br)s1. The molecule has 26 heavy (non-hydrogen) atoms. The Bertz CT molecular complexity index is 825. The van der Waals surface area contributed by atoms with Crippen LogP contribution in [0.3, 0.4) is 0 Å². The number of halogens is 2. The van der Waals surface area contributed by atoms with Crippen molar-refractivity contribution in [3.05, 3.63) is 46.0 Å². The number of nitrogen functional groups attached to an aromatic ring is 2. The van der Waals surface area contributed by atoms with Gasteiger partial charge in [0.2, 0.25) is 5.06 Å². The van der Waals surface area contributed by atoms with Crippen LogP contribution in [0.5, 0.6) is 10.8 Å². The van der Waals surface area contributed by atoms with Crippen LogP contribution in [0.2, 0.25) is 0 Å². The highest BCUT2D eigenvalue weighted by Gasteiger charge is 2.08. The summed E-state index contributed by atoms with van der Waals surface area (Å²) in [6.45, 7) is 2.10. The van der Waals surface area contributed by atoms with E-state index in [1.54, 1.807) is 37.4 Å². The van der Waals surface area contributed by atoms with Crippen molar-refractivity contribution in [2.24, 2.45) is 0 Å². The van der Waals surface area contributed by atoms with Crippen LogP contribution < -0.4 is 16.2 Å². The van der Waals surface area contributed by atoms with Crippen LogP contribution in [0.25, 0.3) is 0 Å². The van der Waals surface area contributed by atoms with E-state index in [1.165, 1.54) is 28.9 Å². The minimum Gasteiger partial charge on any atom is -0.462 e. The third-order valence-corrected chi connectivity index (χ3v) is 4.57. The molecule has 7 nitrogen and oxygen atoms in total. The van der Waals surface area contributed by atoms with Crippen molar-refractivity contribution in [2.45, 2.75) is 6.92 Å². The van der Waals surface area contributed by atoms with E-state index in [0.717, 1.165) is 3.79 Å². The van der Waals surface area contributed by atoms with Gasteiger partial charge in [0, 0.05) is 0 Å². The number of aromatic nitrogens is 2. The molecule has 11 heteroatoms. The number of benzene rings is 1. The molecule has 3 aromatic rings. The second kappa shape index (κ2) is 11.1. The third kappa shape index (κ3) is 7.28. The van der Waals surface area contributed by atoms with E-state index in [-0.39, 0.29) is 23.0 Å². The van der Waals surface area contributed by atoms with Gasteiger partial charge in [0.05, 0.1) is 28.4 Å². The molecule has 3 rings (SSSR count). The van der Waals surface area contributed by atoms with E-state index in [9.17, 15) is 4.79 Å². The Hall–Kier alpha value is -1.69. The Labute approximate surface area is 177 Å². The Kier molecular flexibility index (Phi) is 9.55. The molecule has 0 bridgehead atoms. The van der Waals surface area contributed by atoms with E-state index in [2.05, 4.69) is 25.9 Å². The summed E-state index contributed by atoms with van der Waals surface area (Å²) in [5, 5.41) is 1.62. The number of anilines is 2. The van der Waals surface area contributed by atoms with Crippen molar-refractivity contribution in [3.8, 4) is 10.8 Å². The zero-order chi connectivity index (χ0) is 18.2. The topological polar surface area (TPSA) is 113 Å². The Morgan fingerprint density at radius 2 is 1.88 bits per heavy atom. The van der Waals surface area contributed by atoms with Crippen molar-refractivity contribution in [1.29, 1.82) is 0 Å². The van der Waals surface area contributed by atoms with Crippen LogP contribution in [-0.2, 0) is 4.74 Å². The molecule has 2 aromatic heterocycles. The van der Waals surface area contributed by atoms with Gasteiger partial charge >= 0.3 is 5.97 Å². The first-order valence-electron chi connectivity index (χ1n) is 7.01. The maximum atomic E-state index is 11.5. The maximum absolute atomic E-state index is 11.5. The minimum absolute atomic E-state index is 0. The van der Waals surface area contributed by atoms with Crippen molar-refractivity contribution in [2.75, 3.05) is 18.1 Å². The molecular formula is C15H16Br2N4O3S2. The number of ether oxygens (including phenoxy) is 2. The summed E-state index contributed by atoms with van der Waals surface area (Å²) in [4.78, 5) is 19.2. The Morgan fingerprint density at radius 3 is 2.38 bits per heavy atom. The molecule has 0 saturated heterocycles. The zero-order valence-electron chi connectivity index (χ0n) is 13.5. The van der Waals surface area contributed by atoms with Gasteiger partial charge in [0.1, 0.15) is 5.75 Å². The largest absolute Gasteiger partial charge is 0.462 e. The average Bonchev–Trinajstić information content (AvgIpc) is 3.16. The van der Waals surface area contributed by atoms with Gasteiger partial charge in [0.25, 0.3) is 0 Å². The molecule has 4 N–H and O–H groups in total. The van der Waals surface area contributed by atoms with Gasteiger partial charge in [-0.15, -0.1) is 17.0 Å². The number of nitrogens with zero attached hydrogens (tertiary/aromatic N) is 2. The van der Waals surface area contributed by atoms with Gasteiger partial charge in [0.15, 0.2) is 10.3 Å². The van der Waals surface area contributed by atoms with Crippen molar-refractivity contribution < 1.29 is 14.3 Å². The van der Waals surface area contributed by atoms with E-state index >= 15 is 0 Å². The Morgan fingerprint density at radius 1 is 1.19 bits per heavy atom. The lowest BCUT2D eigenvalue weighted by atomic mass is 10.2. The van der Waals surface area contributed by atoms with Crippen LogP contribution in [0.15, 0.2) is 40.4 Å². The molecule has 2 heterocycles. The summed E-state index contributed by atoms with van der Waals surface area (Å²) in [6.07, 6.45) is 3.22. The number of carbonyl (C=O) groups excluding carboxylic acids is 1. The molecule has 140 valence electrons. The lowest BCUT2D eigenvalue weighted by molar-refractivity contribution is 0.0526. The van der Waals surface area contributed by atoms with E-state index in [1.807, 2.05) is 0 Å². The van der Waals surface area contributed by atoms with Gasteiger partial charge < -0.3 is 20.9 Å². The highest BCUT2D eigenvalue weighted by Crippen LogP contribution is 2.29. The molecule has 1 aromatic carbocycles. The fourth-order valence-electron chi connectivity index (χ4n) is 1.60. The molecule has 0 radical (unpaired) electrons. The second-order valence-electron chi connectivity index (χ2n) is 4.37. The summed E-state index contributed by atoms with van der Waals surface area (Å²) in [5.74, 6) is 0.177. The predicted octanol–water partition coefficient (Wildman–Crippen LogP) is 4.76. The Balaban J connectivity index is 0.000000357. The molecule has 0 amide bonds. The molecule has 0 aliphatic rings. The molecule has 0 atom stereocenters. The first-order chi connectivity index (χ1) is 12.0. The van der Waals surface area contributed by atoms with Crippen LogP contribution in [-0.4, -0.2) is 22.5 Å². The van der Waals surface area contributed by atoms with E-state index < -0.39 is 0 Å². The lowest BCUT2D eigenvalue weighted by Crippen LogP contribution is -2.04. The lowest BCUT2D eigenvalue weighted by Gasteiger charge is -2.05. The fourth-order valence-corrected chi connectivity index (χ4v) is 3.17. The minimum atomic E-state index is -0.369. The second-order valence-corrected chi connectivity index (χ2v) is 7.84. The summed E-state index contributed by atoms with van der Waals surface area (Å²) in [7, 11) is 0.